The fraction of sp³-hybridized carbons (Fsp3) is 0.786. The summed E-state index contributed by atoms with van der Waals surface area (Å²) in [4.78, 5) is 14.2. The van der Waals surface area contributed by atoms with Crippen LogP contribution in [0, 0.1) is 23.7 Å². The van der Waals surface area contributed by atoms with E-state index in [9.17, 15) is 9.90 Å². The molecule has 0 aromatic rings. The third-order valence-electron chi connectivity index (χ3n) is 5.17. The molecule has 3 atom stereocenters. The molecule has 92 valence electrons. The average Bonchev–Trinajstić information content (AvgIpc) is 2.93. The van der Waals surface area contributed by atoms with Crippen LogP contribution >= 0.6 is 0 Å². The molecule has 3 aliphatic carbocycles. The molecule has 0 spiro atoms. The molecule has 4 rings (SSSR count). The van der Waals surface area contributed by atoms with Gasteiger partial charge in [-0.2, -0.15) is 0 Å². The number of nitrogens with zero attached hydrogens (tertiary/aromatic N) is 1. The van der Waals surface area contributed by atoms with Gasteiger partial charge in [-0.05, 0) is 43.4 Å². The van der Waals surface area contributed by atoms with Crippen molar-refractivity contribution in [2.24, 2.45) is 23.7 Å². The lowest BCUT2D eigenvalue weighted by atomic mass is 9.85. The summed E-state index contributed by atoms with van der Waals surface area (Å²) in [5.74, 6) is 2.13. The normalized spacial score (nSPS) is 41.7. The molecule has 17 heavy (non-hydrogen) atoms. The van der Waals surface area contributed by atoms with Crippen LogP contribution < -0.4 is 0 Å². The first kappa shape index (κ1) is 10.1. The minimum Gasteiger partial charge on any atom is -0.386 e. The number of carbonyl (C=O) groups is 1. The standard InChI is InChI=1S/C14H19NO2/c16-13(12-6-9-1-2-10(12)5-9)15-7-14(17,8-15)11-3-4-11/h1-2,9-12,17H,3-8H2. The van der Waals surface area contributed by atoms with Gasteiger partial charge >= 0.3 is 0 Å². The van der Waals surface area contributed by atoms with Gasteiger partial charge in [-0.15, -0.1) is 0 Å². The van der Waals surface area contributed by atoms with E-state index in [1.807, 2.05) is 4.90 Å². The molecule has 3 unspecified atom stereocenters. The number of amides is 1. The summed E-state index contributed by atoms with van der Waals surface area (Å²) < 4.78 is 0. The Morgan fingerprint density at radius 2 is 2.00 bits per heavy atom. The Balaban J connectivity index is 1.41. The first-order valence-electron chi connectivity index (χ1n) is 6.85. The SMILES string of the molecule is O=C(C1CC2C=CC1C2)N1CC(O)(C2CC2)C1. The lowest BCUT2D eigenvalue weighted by Crippen LogP contribution is -2.65. The Bertz CT molecular complexity index is 393. The van der Waals surface area contributed by atoms with E-state index < -0.39 is 5.60 Å². The predicted octanol–water partition coefficient (Wildman–Crippen LogP) is 1.18. The highest BCUT2D eigenvalue weighted by atomic mass is 16.3. The van der Waals surface area contributed by atoms with E-state index in [4.69, 9.17) is 0 Å². The number of allylic oxidation sites excluding steroid dienone is 2. The second-order valence-corrected chi connectivity index (χ2v) is 6.46. The maximum Gasteiger partial charge on any atom is 0.226 e. The molecular weight excluding hydrogens is 214 g/mol. The third-order valence-corrected chi connectivity index (χ3v) is 5.17. The molecule has 0 radical (unpaired) electrons. The summed E-state index contributed by atoms with van der Waals surface area (Å²) in [7, 11) is 0. The zero-order valence-corrected chi connectivity index (χ0v) is 10.0. The van der Waals surface area contributed by atoms with Crippen LogP contribution in [0.1, 0.15) is 25.7 Å². The first-order chi connectivity index (χ1) is 8.16. The number of hydrogen-bond donors (Lipinski definition) is 1. The van der Waals surface area contributed by atoms with E-state index >= 15 is 0 Å². The van der Waals surface area contributed by atoms with E-state index in [1.54, 1.807) is 0 Å². The summed E-state index contributed by atoms with van der Waals surface area (Å²) in [6.07, 6.45) is 9.01. The van der Waals surface area contributed by atoms with E-state index in [1.165, 1.54) is 6.42 Å². The third kappa shape index (κ3) is 1.41. The topological polar surface area (TPSA) is 40.5 Å². The fourth-order valence-corrected chi connectivity index (χ4v) is 3.95. The smallest absolute Gasteiger partial charge is 0.226 e. The molecule has 3 nitrogen and oxygen atoms in total. The lowest BCUT2D eigenvalue weighted by molar-refractivity contribution is -0.164. The van der Waals surface area contributed by atoms with Crippen molar-refractivity contribution in [3.8, 4) is 0 Å². The zero-order chi connectivity index (χ0) is 11.6. The summed E-state index contributed by atoms with van der Waals surface area (Å²) in [5, 5.41) is 10.2. The number of hydrogen-bond acceptors (Lipinski definition) is 2. The van der Waals surface area contributed by atoms with Crippen molar-refractivity contribution in [2.45, 2.75) is 31.3 Å². The number of fused-ring (bicyclic) bond motifs is 2. The largest absolute Gasteiger partial charge is 0.386 e. The van der Waals surface area contributed by atoms with Crippen molar-refractivity contribution < 1.29 is 9.90 Å². The Hall–Kier alpha value is -0.830. The average molecular weight is 233 g/mol. The van der Waals surface area contributed by atoms with Crippen LogP contribution in [-0.4, -0.2) is 34.6 Å². The number of rotatable bonds is 2. The van der Waals surface area contributed by atoms with Crippen LogP contribution in [0.3, 0.4) is 0 Å². The van der Waals surface area contributed by atoms with Crippen LogP contribution in [0.4, 0.5) is 0 Å². The first-order valence-corrected chi connectivity index (χ1v) is 6.85. The Morgan fingerprint density at radius 3 is 2.53 bits per heavy atom. The van der Waals surface area contributed by atoms with Gasteiger partial charge < -0.3 is 10.0 Å². The van der Waals surface area contributed by atoms with Crippen molar-refractivity contribution in [1.82, 2.24) is 4.90 Å². The van der Waals surface area contributed by atoms with E-state index in [0.29, 0.717) is 36.8 Å². The van der Waals surface area contributed by atoms with Crippen LogP contribution in [0.25, 0.3) is 0 Å². The summed E-state index contributed by atoms with van der Waals surface area (Å²) in [5.41, 5.74) is -0.525. The van der Waals surface area contributed by atoms with Crippen molar-refractivity contribution >= 4 is 5.91 Å². The summed E-state index contributed by atoms with van der Waals surface area (Å²) >= 11 is 0. The minimum absolute atomic E-state index is 0.216. The molecule has 3 heteroatoms. The van der Waals surface area contributed by atoms with E-state index in [2.05, 4.69) is 12.2 Å². The van der Waals surface area contributed by atoms with Gasteiger partial charge in [-0.25, -0.2) is 0 Å². The minimum atomic E-state index is -0.525. The van der Waals surface area contributed by atoms with Gasteiger partial charge in [-0.3, -0.25) is 4.79 Å². The molecule has 1 aliphatic heterocycles. The van der Waals surface area contributed by atoms with Crippen LogP contribution in [0.5, 0.6) is 0 Å². The van der Waals surface area contributed by atoms with Gasteiger partial charge in [0, 0.05) is 5.92 Å². The maximum absolute atomic E-state index is 12.3. The van der Waals surface area contributed by atoms with Crippen LogP contribution in [0.15, 0.2) is 12.2 Å². The molecular formula is C14H19NO2. The molecule has 4 aliphatic rings. The van der Waals surface area contributed by atoms with Crippen molar-refractivity contribution in [3.05, 3.63) is 12.2 Å². The number of likely N-dealkylation sites (tertiary alicyclic amines) is 1. The summed E-state index contributed by atoms with van der Waals surface area (Å²) in [6.45, 7) is 1.18. The Morgan fingerprint density at radius 1 is 1.24 bits per heavy atom. The van der Waals surface area contributed by atoms with Crippen LogP contribution in [-0.2, 0) is 4.79 Å². The highest BCUT2D eigenvalue weighted by molar-refractivity contribution is 5.81. The molecule has 1 heterocycles. The molecule has 3 fully saturated rings. The molecule has 2 saturated carbocycles. The van der Waals surface area contributed by atoms with Crippen molar-refractivity contribution in [2.75, 3.05) is 13.1 Å². The quantitative estimate of drug-likeness (QED) is 0.728. The monoisotopic (exact) mass is 233 g/mol. The van der Waals surface area contributed by atoms with Gasteiger partial charge in [0.05, 0.1) is 13.1 Å². The molecule has 1 N–H and O–H groups in total. The van der Waals surface area contributed by atoms with Gasteiger partial charge in [-0.1, -0.05) is 12.2 Å². The fourth-order valence-electron chi connectivity index (χ4n) is 3.95. The predicted molar refractivity (Wildman–Crippen MR) is 63.1 cm³/mol. The summed E-state index contributed by atoms with van der Waals surface area (Å²) in [6, 6.07) is 0. The Kier molecular flexibility index (Phi) is 1.87. The molecule has 1 amide bonds. The number of β-amino-alcohol motifs (C(OH)–C–C–N with tert-alkyl or cyclic N) is 1. The highest BCUT2D eigenvalue weighted by Gasteiger charge is 2.55. The highest BCUT2D eigenvalue weighted by Crippen LogP contribution is 2.48. The van der Waals surface area contributed by atoms with Crippen LogP contribution in [0.2, 0.25) is 0 Å². The number of carbonyl (C=O) groups excluding carboxylic acids is 1. The van der Waals surface area contributed by atoms with E-state index in [-0.39, 0.29) is 5.92 Å². The van der Waals surface area contributed by atoms with E-state index in [0.717, 1.165) is 19.3 Å². The van der Waals surface area contributed by atoms with Gasteiger partial charge in [0.25, 0.3) is 0 Å². The molecule has 0 aromatic heterocycles. The molecule has 0 aromatic carbocycles. The second kappa shape index (κ2) is 3.14. The Labute approximate surface area is 101 Å². The van der Waals surface area contributed by atoms with Gasteiger partial charge in [0.1, 0.15) is 5.60 Å². The van der Waals surface area contributed by atoms with Crippen molar-refractivity contribution in [1.29, 1.82) is 0 Å². The van der Waals surface area contributed by atoms with Gasteiger partial charge in [0.15, 0.2) is 0 Å². The zero-order valence-electron chi connectivity index (χ0n) is 10.0. The maximum atomic E-state index is 12.3. The number of aliphatic hydroxyl groups is 1. The lowest BCUT2D eigenvalue weighted by Gasteiger charge is -2.48. The van der Waals surface area contributed by atoms with Gasteiger partial charge in [0.2, 0.25) is 5.91 Å². The van der Waals surface area contributed by atoms with Crippen molar-refractivity contribution in [3.63, 3.8) is 0 Å². The molecule has 2 bridgehead atoms. The molecule has 1 saturated heterocycles. The second-order valence-electron chi connectivity index (χ2n) is 6.46.